The Morgan fingerprint density at radius 3 is 2.57 bits per heavy atom. The van der Waals surface area contributed by atoms with Gasteiger partial charge in [0.05, 0.1) is 0 Å². The summed E-state index contributed by atoms with van der Waals surface area (Å²) in [7, 11) is 0. The van der Waals surface area contributed by atoms with Gasteiger partial charge in [0.15, 0.2) is 0 Å². The highest BCUT2D eigenvalue weighted by Crippen LogP contribution is 2.16. The second-order valence-corrected chi connectivity index (χ2v) is 3.59. The Labute approximate surface area is 84.3 Å². The van der Waals surface area contributed by atoms with Crippen LogP contribution >= 0.6 is 0 Å². The number of hydrogen-bond acceptors (Lipinski definition) is 2. The zero-order valence-electron chi connectivity index (χ0n) is 8.79. The Morgan fingerprint density at radius 1 is 1.43 bits per heavy atom. The number of primary amides is 1. The summed E-state index contributed by atoms with van der Waals surface area (Å²) in [5.41, 5.74) is 8.45. The lowest BCUT2D eigenvalue weighted by molar-refractivity contribution is -0.118. The largest absolute Gasteiger partial charge is 0.374 e. The summed E-state index contributed by atoms with van der Waals surface area (Å²) in [5.74, 6) is -0.343. The van der Waals surface area contributed by atoms with E-state index >= 15 is 0 Å². The van der Waals surface area contributed by atoms with Gasteiger partial charge in [0.1, 0.15) is 6.04 Å². The highest BCUT2D eigenvalue weighted by atomic mass is 16.1. The number of rotatable bonds is 3. The van der Waals surface area contributed by atoms with Crippen molar-refractivity contribution in [3.8, 4) is 0 Å². The van der Waals surface area contributed by atoms with Crippen LogP contribution < -0.4 is 11.1 Å². The number of nitrogens with two attached hydrogens (primary N) is 1. The lowest BCUT2D eigenvalue weighted by Gasteiger charge is -2.14. The van der Waals surface area contributed by atoms with Gasteiger partial charge in [-0.15, -0.1) is 0 Å². The predicted molar refractivity (Wildman–Crippen MR) is 58.2 cm³/mol. The third kappa shape index (κ3) is 2.49. The number of benzene rings is 1. The van der Waals surface area contributed by atoms with Crippen LogP contribution in [0.15, 0.2) is 18.2 Å². The summed E-state index contributed by atoms with van der Waals surface area (Å²) in [6, 6.07) is 5.69. The molecule has 3 nitrogen and oxygen atoms in total. The quantitative estimate of drug-likeness (QED) is 0.764. The van der Waals surface area contributed by atoms with Gasteiger partial charge in [0.2, 0.25) is 5.91 Å². The number of nitrogens with one attached hydrogen (secondary N) is 1. The van der Waals surface area contributed by atoms with E-state index in [-0.39, 0.29) is 11.9 Å². The molecule has 0 heterocycles. The van der Waals surface area contributed by atoms with E-state index in [1.165, 1.54) is 5.56 Å². The Balaban J connectivity index is 2.82. The van der Waals surface area contributed by atoms with Crippen LogP contribution in [-0.4, -0.2) is 11.9 Å². The van der Waals surface area contributed by atoms with Gasteiger partial charge < -0.3 is 11.1 Å². The predicted octanol–water partition coefficient (Wildman–Crippen LogP) is 1.59. The van der Waals surface area contributed by atoms with E-state index in [1.807, 2.05) is 26.0 Å². The molecule has 3 heteroatoms. The van der Waals surface area contributed by atoms with Gasteiger partial charge in [-0.3, -0.25) is 4.79 Å². The molecule has 0 fully saturated rings. The van der Waals surface area contributed by atoms with Crippen molar-refractivity contribution in [2.75, 3.05) is 5.32 Å². The molecule has 0 saturated carbocycles. The van der Waals surface area contributed by atoms with Crippen molar-refractivity contribution in [2.45, 2.75) is 26.8 Å². The third-order valence-electron chi connectivity index (χ3n) is 2.18. The molecule has 1 rings (SSSR count). The molecule has 1 unspecified atom stereocenters. The van der Waals surface area contributed by atoms with Crippen molar-refractivity contribution >= 4 is 11.6 Å². The van der Waals surface area contributed by atoms with Gasteiger partial charge in [-0.25, -0.2) is 0 Å². The summed E-state index contributed by atoms with van der Waals surface area (Å²) in [6.07, 6.45) is 0. The second-order valence-electron chi connectivity index (χ2n) is 3.59. The van der Waals surface area contributed by atoms with Crippen LogP contribution in [-0.2, 0) is 4.79 Å². The number of aryl methyl sites for hydroxylation is 2. The molecular formula is C11H16N2O. The van der Waals surface area contributed by atoms with Crippen LogP contribution in [0, 0.1) is 13.8 Å². The molecule has 1 atom stereocenters. The maximum Gasteiger partial charge on any atom is 0.239 e. The summed E-state index contributed by atoms with van der Waals surface area (Å²) < 4.78 is 0. The summed E-state index contributed by atoms with van der Waals surface area (Å²) >= 11 is 0. The van der Waals surface area contributed by atoms with Gasteiger partial charge in [-0.2, -0.15) is 0 Å². The molecule has 1 aromatic rings. The maximum atomic E-state index is 10.8. The van der Waals surface area contributed by atoms with Crippen molar-refractivity contribution in [3.63, 3.8) is 0 Å². The van der Waals surface area contributed by atoms with Crippen molar-refractivity contribution in [2.24, 2.45) is 5.73 Å². The first kappa shape index (κ1) is 10.6. The van der Waals surface area contributed by atoms with Crippen LogP contribution in [0.5, 0.6) is 0 Å². The zero-order valence-corrected chi connectivity index (χ0v) is 8.79. The van der Waals surface area contributed by atoms with E-state index in [0.717, 1.165) is 11.3 Å². The Hall–Kier alpha value is -1.51. The maximum absolute atomic E-state index is 10.8. The van der Waals surface area contributed by atoms with Crippen molar-refractivity contribution in [1.82, 2.24) is 0 Å². The van der Waals surface area contributed by atoms with Crippen LogP contribution in [0.2, 0.25) is 0 Å². The lowest BCUT2D eigenvalue weighted by atomic mass is 10.1. The number of amides is 1. The highest BCUT2D eigenvalue weighted by Gasteiger charge is 2.08. The average molecular weight is 192 g/mol. The average Bonchev–Trinajstić information content (AvgIpc) is 2.09. The molecule has 14 heavy (non-hydrogen) atoms. The van der Waals surface area contributed by atoms with Gasteiger partial charge in [0, 0.05) is 5.69 Å². The number of anilines is 1. The molecule has 0 saturated heterocycles. The summed E-state index contributed by atoms with van der Waals surface area (Å²) in [4.78, 5) is 10.8. The van der Waals surface area contributed by atoms with Crippen LogP contribution in [0.1, 0.15) is 18.1 Å². The molecule has 0 aliphatic heterocycles. The van der Waals surface area contributed by atoms with Crippen LogP contribution in [0.3, 0.4) is 0 Å². The van der Waals surface area contributed by atoms with E-state index < -0.39 is 0 Å². The van der Waals surface area contributed by atoms with E-state index in [0.29, 0.717) is 0 Å². The first-order valence-electron chi connectivity index (χ1n) is 4.64. The monoisotopic (exact) mass is 192 g/mol. The number of carbonyl (C=O) groups is 1. The molecule has 0 radical (unpaired) electrons. The molecule has 76 valence electrons. The molecule has 1 aromatic carbocycles. The topological polar surface area (TPSA) is 55.1 Å². The minimum atomic E-state index is -0.343. The molecular weight excluding hydrogens is 176 g/mol. The second kappa shape index (κ2) is 4.13. The Morgan fingerprint density at radius 2 is 2.07 bits per heavy atom. The third-order valence-corrected chi connectivity index (χ3v) is 2.18. The van der Waals surface area contributed by atoms with Crippen LogP contribution in [0.25, 0.3) is 0 Å². The fourth-order valence-corrected chi connectivity index (χ4v) is 1.28. The zero-order chi connectivity index (χ0) is 10.7. The normalized spacial score (nSPS) is 12.2. The first-order chi connectivity index (χ1) is 6.50. The van der Waals surface area contributed by atoms with Crippen molar-refractivity contribution in [3.05, 3.63) is 29.3 Å². The number of hydrogen-bond donors (Lipinski definition) is 2. The first-order valence-corrected chi connectivity index (χ1v) is 4.64. The highest BCUT2D eigenvalue weighted by molar-refractivity contribution is 5.82. The molecule has 0 spiro atoms. The standard InChI is InChI=1S/C11H16N2O/c1-7-4-5-10(8(2)6-7)13-9(3)11(12)14/h4-6,9,13H,1-3H3,(H2,12,14). The minimum absolute atomic E-state index is 0.337. The van der Waals surface area contributed by atoms with Gasteiger partial charge in [-0.05, 0) is 32.4 Å². The molecule has 0 aliphatic carbocycles. The Kier molecular flexibility index (Phi) is 3.12. The van der Waals surface area contributed by atoms with Crippen molar-refractivity contribution < 1.29 is 4.79 Å². The van der Waals surface area contributed by atoms with Gasteiger partial charge in [-0.1, -0.05) is 17.7 Å². The minimum Gasteiger partial charge on any atom is -0.374 e. The molecule has 0 aromatic heterocycles. The SMILES string of the molecule is Cc1ccc(NC(C)C(N)=O)c(C)c1. The van der Waals surface area contributed by atoms with E-state index in [1.54, 1.807) is 6.92 Å². The van der Waals surface area contributed by atoms with Gasteiger partial charge in [0.25, 0.3) is 0 Å². The number of carbonyl (C=O) groups excluding carboxylic acids is 1. The smallest absolute Gasteiger partial charge is 0.239 e. The summed E-state index contributed by atoms with van der Waals surface area (Å²) in [6.45, 7) is 5.79. The van der Waals surface area contributed by atoms with Crippen LogP contribution in [0.4, 0.5) is 5.69 Å². The Bertz CT molecular complexity index is 347. The summed E-state index contributed by atoms with van der Waals surface area (Å²) in [5, 5.41) is 3.06. The lowest BCUT2D eigenvalue weighted by Crippen LogP contribution is -2.32. The van der Waals surface area contributed by atoms with Gasteiger partial charge >= 0.3 is 0 Å². The van der Waals surface area contributed by atoms with E-state index in [2.05, 4.69) is 11.4 Å². The molecule has 0 bridgehead atoms. The molecule has 3 N–H and O–H groups in total. The van der Waals surface area contributed by atoms with E-state index in [4.69, 9.17) is 5.73 Å². The van der Waals surface area contributed by atoms with E-state index in [9.17, 15) is 4.79 Å². The fraction of sp³-hybridized carbons (Fsp3) is 0.364. The fourth-order valence-electron chi connectivity index (χ4n) is 1.28. The van der Waals surface area contributed by atoms with Crippen molar-refractivity contribution in [1.29, 1.82) is 0 Å². The molecule has 1 amide bonds. The molecule has 0 aliphatic rings.